The van der Waals surface area contributed by atoms with Crippen LogP contribution in [0, 0.1) is 11.8 Å². The van der Waals surface area contributed by atoms with Gasteiger partial charge in [-0.15, -0.1) is 0 Å². The molecule has 0 saturated carbocycles. The molecule has 1 heteroatoms. The molecule has 0 aromatic carbocycles. The van der Waals surface area contributed by atoms with Gasteiger partial charge in [0, 0.05) is 5.54 Å². The highest BCUT2D eigenvalue weighted by atomic mass is 15.2. The highest BCUT2D eigenvalue weighted by Gasteiger charge is 2.38. The zero-order valence-corrected chi connectivity index (χ0v) is 9.22. The van der Waals surface area contributed by atoms with Crippen LogP contribution in [0.4, 0.5) is 0 Å². The Balaban J connectivity index is 2.71. The third-order valence-electron chi connectivity index (χ3n) is 4.16. The summed E-state index contributed by atoms with van der Waals surface area (Å²) >= 11 is 0. The van der Waals surface area contributed by atoms with Crippen LogP contribution in [0.2, 0.25) is 0 Å². The Morgan fingerprint density at radius 2 is 2.00 bits per heavy atom. The molecule has 1 heterocycles. The molecule has 1 rings (SSSR count). The van der Waals surface area contributed by atoms with E-state index in [9.17, 15) is 0 Å². The van der Waals surface area contributed by atoms with Crippen LogP contribution in [0.25, 0.3) is 0 Å². The molecule has 1 aliphatic rings. The van der Waals surface area contributed by atoms with Gasteiger partial charge >= 0.3 is 0 Å². The number of rotatable bonds is 1. The Morgan fingerprint density at radius 1 is 1.42 bits per heavy atom. The van der Waals surface area contributed by atoms with Crippen LogP contribution in [0.1, 0.15) is 40.5 Å². The molecule has 2 atom stereocenters. The van der Waals surface area contributed by atoms with Crippen molar-refractivity contribution in [3.8, 4) is 0 Å². The summed E-state index contributed by atoms with van der Waals surface area (Å²) in [5, 5.41) is 0. The van der Waals surface area contributed by atoms with Crippen molar-refractivity contribution in [1.29, 1.82) is 0 Å². The fraction of sp³-hybridized carbons (Fsp3) is 1.00. The Morgan fingerprint density at radius 3 is 2.50 bits per heavy atom. The number of likely N-dealkylation sites (tertiary alicyclic amines) is 1. The maximum Gasteiger partial charge on any atom is 0.0178 e. The lowest BCUT2D eigenvalue weighted by Gasteiger charge is -2.49. The lowest BCUT2D eigenvalue weighted by molar-refractivity contribution is 0.0121. The van der Waals surface area contributed by atoms with Crippen molar-refractivity contribution in [2.24, 2.45) is 11.8 Å². The van der Waals surface area contributed by atoms with Crippen LogP contribution in [-0.4, -0.2) is 24.0 Å². The third-order valence-corrected chi connectivity index (χ3v) is 4.16. The van der Waals surface area contributed by atoms with E-state index in [1.54, 1.807) is 0 Å². The molecule has 72 valence electrons. The van der Waals surface area contributed by atoms with Crippen molar-refractivity contribution in [2.45, 2.75) is 46.1 Å². The van der Waals surface area contributed by atoms with Crippen molar-refractivity contribution in [1.82, 2.24) is 4.90 Å². The summed E-state index contributed by atoms with van der Waals surface area (Å²) in [6.45, 7) is 10.8. The van der Waals surface area contributed by atoms with Crippen molar-refractivity contribution in [3.63, 3.8) is 0 Å². The Kier molecular flexibility index (Phi) is 2.82. The van der Waals surface area contributed by atoms with E-state index in [0.29, 0.717) is 5.54 Å². The van der Waals surface area contributed by atoms with E-state index >= 15 is 0 Å². The summed E-state index contributed by atoms with van der Waals surface area (Å²) in [4.78, 5) is 2.50. The van der Waals surface area contributed by atoms with Gasteiger partial charge in [-0.1, -0.05) is 20.3 Å². The number of hydrogen-bond donors (Lipinski definition) is 0. The zero-order valence-electron chi connectivity index (χ0n) is 9.22. The summed E-state index contributed by atoms with van der Waals surface area (Å²) in [5.41, 5.74) is 0.402. The summed E-state index contributed by atoms with van der Waals surface area (Å²) in [6.07, 6.45) is 2.73. The number of hydrogen-bond acceptors (Lipinski definition) is 1. The van der Waals surface area contributed by atoms with Crippen molar-refractivity contribution >= 4 is 0 Å². The first-order valence-corrected chi connectivity index (χ1v) is 5.21. The molecular formula is C11H23N. The van der Waals surface area contributed by atoms with Crippen LogP contribution in [0.5, 0.6) is 0 Å². The van der Waals surface area contributed by atoms with E-state index in [2.05, 4.69) is 39.6 Å². The lowest BCUT2D eigenvalue weighted by atomic mass is 9.72. The van der Waals surface area contributed by atoms with Gasteiger partial charge in [0.25, 0.3) is 0 Å². The highest BCUT2D eigenvalue weighted by Crippen LogP contribution is 2.37. The van der Waals surface area contributed by atoms with Crippen molar-refractivity contribution in [2.75, 3.05) is 13.6 Å². The number of nitrogens with zero attached hydrogens (tertiary/aromatic N) is 1. The van der Waals surface area contributed by atoms with Crippen LogP contribution in [0.3, 0.4) is 0 Å². The standard InChI is InChI=1S/C11H23N/c1-6-10-7-8-12(5)11(3,4)9(10)2/h9-10H,6-8H2,1-5H3. The van der Waals surface area contributed by atoms with Gasteiger partial charge in [-0.05, 0) is 45.7 Å². The van der Waals surface area contributed by atoms with Gasteiger partial charge in [-0.2, -0.15) is 0 Å². The Hall–Kier alpha value is -0.0400. The summed E-state index contributed by atoms with van der Waals surface area (Å²) in [6, 6.07) is 0. The predicted molar refractivity (Wildman–Crippen MR) is 54.3 cm³/mol. The smallest absolute Gasteiger partial charge is 0.0178 e. The minimum absolute atomic E-state index is 0.402. The second-order valence-corrected chi connectivity index (χ2v) is 4.82. The minimum atomic E-state index is 0.402. The first-order valence-electron chi connectivity index (χ1n) is 5.21. The summed E-state index contributed by atoms with van der Waals surface area (Å²) in [5.74, 6) is 1.78. The quantitative estimate of drug-likeness (QED) is 0.583. The lowest BCUT2D eigenvalue weighted by Crippen LogP contribution is -2.53. The zero-order chi connectivity index (χ0) is 9.35. The van der Waals surface area contributed by atoms with Gasteiger partial charge in [-0.3, -0.25) is 0 Å². The first-order chi connectivity index (χ1) is 5.50. The topological polar surface area (TPSA) is 3.24 Å². The van der Waals surface area contributed by atoms with Crippen LogP contribution >= 0.6 is 0 Å². The molecule has 0 spiro atoms. The molecule has 1 saturated heterocycles. The SMILES string of the molecule is CCC1CCN(C)C(C)(C)C1C. The first kappa shape index (κ1) is 10.0. The maximum absolute atomic E-state index is 2.50. The summed E-state index contributed by atoms with van der Waals surface area (Å²) in [7, 11) is 2.25. The molecule has 0 aromatic heterocycles. The monoisotopic (exact) mass is 169 g/mol. The molecule has 0 amide bonds. The molecule has 0 radical (unpaired) electrons. The van der Waals surface area contributed by atoms with Crippen LogP contribution in [0.15, 0.2) is 0 Å². The molecule has 2 unspecified atom stereocenters. The van der Waals surface area contributed by atoms with Gasteiger partial charge in [0.05, 0.1) is 0 Å². The van der Waals surface area contributed by atoms with E-state index in [-0.39, 0.29) is 0 Å². The fourth-order valence-electron chi connectivity index (χ4n) is 2.38. The van der Waals surface area contributed by atoms with Gasteiger partial charge in [0.15, 0.2) is 0 Å². The van der Waals surface area contributed by atoms with Crippen LogP contribution < -0.4 is 0 Å². The third kappa shape index (κ3) is 1.52. The van der Waals surface area contributed by atoms with Gasteiger partial charge < -0.3 is 4.90 Å². The second kappa shape index (κ2) is 3.37. The average molecular weight is 169 g/mol. The normalized spacial score (nSPS) is 36.8. The fourth-order valence-corrected chi connectivity index (χ4v) is 2.38. The van der Waals surface area contributed by atoms with Crippen molar-refractivity contribution in [3.05, 3.63) is 0 Å². The second-order valence-electron chi connectivity index (χ2n) is 4.82. The van der Waals surface area contributed by atoms with Crippen molar-refractivity contribution < 1.29 is 0 Å². The molecule has 0 aliphatic carbocycles. The number of piperidine rings is 1. The summed E-state index contributed by atoms with van der Waals surface area (Å²) < 4.78 is 0. The van der Waals surface area contributed by atoms with E-state index in [1.165, 1.54) is 19.4 Å². The molecule has 0 bridgehead atoms. The van der Waals surface area contributed by atoms with E-state index in [0.717, 1.165) is 11.8 Å². The average Bonchev–Trinajstić information content (AvgIpc) is 2.02. The molecule has 12 heavy (non-hydrogen) atoms. The van der Waals surface area contributed by atoms with Gasteiger partial charge in [-0.25, -0.2) is 0 Å². The largest absolute Gasteiger partial charge is 0.301 e. The molecule has 1 nitrogen and oxygen atoms in total. The van der Waals surface area contributed by atoms with E-state index in [1.807, 2.05) is 0 Å². The minimum Gasteiger partial charge on any atom is -0.301 e. The Labute approximate surface area is 77.1 Å². The van der Waals surface area contributed by atoms with E-state index < -0.39 is 0 Å². The highest BCUT2D eigenvalue weighted by molar-refractivity contribution is 4.92. The van der Waals surface area contributed by atoms with Gasteiger partial charge in [0.1, 0.15) is 0 Å². The molecule has 0 N–H and O–H groups in total. The molecule has 1 fully saturated rings. The molecule has 1 aliphatic heterocycles. The molecular weight excluding hydrogens is 146 g/mol. The molecule has 0 aromatic rings. The van der Waals surface area contributed by atoms with Crippen LogP contribution in [-0.2, 0) is 0 Å². The Bertz CT molecular complexity index is 151. The predicted octanol–water partition coefficient (Wildman–Crippen LogP) is 2.76. The van der Waals surface area contributed by atoms with E-state index in [4.69, 9.17) is 0 Å². The maximum atomic E-state index is 2.50. The van der Waals surface area contributed by atoms with Gasteiger partial charge in [0.2, 0.25) is 0 Å².